The van der Waals surface area contributed by atoms with Crippen LogP contribution in [0.5, 0.6) is 5.75 Å². The highest BCUT2D eigenvalue weighted by Gasteiger charge is 2.24. The van der Waals surface area contributed by atoms with Crippen LogP contribution in [-0.2, 0) is 0 Å². The lowest BCUT2D eigenvalue weighted by Crippen LogP contribution is -2.09. The summed E-state index contributed by atoms with van der Waals surface area (Å²) in [5, 5.41) is 17.4. The van der Waals surface area contributed by atoms with Gasteiger partial charge in [-0.2, -0.15) is 0 Å². The van der Waals surface area contributed by atoms with Gasteiger partial charge in [0.1, 0.15) is 11.6 Å². The average molecular weight is 1540 g/mol. The Kier molecular flexibility index (Phi) is 17.9. The van der Waals surface area contributed by atoms with Gasteiger partial charge in [-0.25, -0.2) is 9.37 Å². The summed E-state index contributed by atoms with van der Waals surface area (Å²) in [6.45, 7) is 0. The van der Waals surface area contributed by atoms with Crippen molar-refractivity contribution in [2.24, 2.45) is 0 Å². The molecule has 0 aliphatic heterocycles. The molecule has 0 atom stereocenters. The summed E-state index contributed by atoms with van der Waals surface area (Å²) in [4.78, 5) is 24.1. The molecule has 23 aromatic rings. The Morgan fingerprint density at radius 1 is 0.282 bits per heavy atom. The van der Waals surface area contributed by atoms with Crippen LogP contribution in [0.4, 0.5) is 38.5 Å². The van der Waals surface area contributed by atoms with Gasteiger partial charge in [0.2, 0.25) is 0 Å². The molecule has 7 nitrogen and oxygen atoms in total. The van der Waals surface area contributed by atoms with Gasteiger partial charge >= 0.3 is 0 Å². The minimum atomic E-state index is -0.331. The minimum absolute atomic E-state index is 0.331. The first-order valence-electron chi connectivity index (χ1n) is 39.1. The third kappa shape index (κ3) is 12.8. The Labute approximate surface area is 682 Å². The number of aromatic nitrogens is 4. The zero-order chi connectivity index (χ0) is 77.9. The van der Waals surface area contributed by atoms with Crippen molar-refractivity contribution in [1.82, 2.24) is 19.9 Å². The molecule has 0 saturated carbocycles. The smallest absolute Gasteiger partial charge is 0.142 e. The molecule has 0 unspecified atom stereocenters. The van der Waals surface area contributed by atoms with Crippen LogP contribution in [-0.4, -0.2) is 27.0 Å². The Morgan fingerprint density at radius 3 is 1.28 bits per heavy atom. The number of thiophene rings is 2. The first kappa shape index (κ1) is 70.1. The molecule has 552 valence electrons. The second kappa shape index (κ2) is 29.9. The second-order valence-corrected chi connectivity index (χ2v) is 31.3. The number of nitrogens with zero attached hydrogens (tertiary/aromatic N) is 6. The number of fused-ring (bicyclic) bond motifs is 19. The van der Waals surface area contributed by atoms with Gasteiger partial charge in [0.25, 0.3) is 0 Å². The van der Waals surface area contributed by atoms with Crippen molar-refractivity contribution in [3.8, 4) is 50.3 Å². The van der Waals surface area contributed by atoms with Gasteiger partial charge in [-0.3, -0.25) is 15.0 Å². The van der Waals surface area contributed by atoms with Crippen molar-refractivity contribution >= 4 is 184 Å². The van der Waals surface area contributed by atoms with Crippen molar-refractivity contribution in [3.63, 3.8) is 0 Å². The quantitative estimate of drug-likeness (QED) is 0.0944. The van der Waals surface area contributed by atoms with E-state index in [1.807, 2.05) is 66.2 Å². The van der Waals surface area contributed by atoms with E-state index in [-0.39, 0.29) is 5.82 Å². The van der Waals surface area contributed by atoms with Gasteiger partial charge in [0.05, 0.1) is 40.9 Å². The molecule has 0 radical (unpaired) electrons. The number of halogens is 1. The summed E-state index contributed by atoms with van der Waals surface area (Å²) in [6.07, 6.45) is 5.10. The van der Waals surface area contributed by atoms with Crippen molar-refractivity contribution < 1.29 is 9.13 Å². The molecule has 6 aromatic heterocycles. The first-order chi connectivity index (χ1) is 57.9. The molecular weight excluding hydrogens is 1470 g/mol. The fourth-order valence-electron chi connectivity index (χ4n) is 17.0. The average Bonchev–Trinajstić information content (AvgIpc) is 1.11. The van der Waals surface area contributed by atoms with Crippen LogP contribution in [0.3, 0.4) is 0 Å². The molecule has 0 fully saturated rings. The molecule has 23 rings (SSSR count). The van der Waals surface area contributed by atoms with Gasteiger partial charge in [0.15, 0.2) is 0 Å². The molecule has 10 heteroatoms. The number of hydrogen-bond donors (Lipinski definition) is 0. The normalized spacial score (nSPS) is 11.5. The molecule has 0 aliphatic rings. The highest BCUT2D eigenvalue weighted by molar-refractivity contribution is 7.27. The number of rotatable bonds is 11. The SMILES string of the molecule is COc1ccc(-c2c(-c3ccc4ccccc4c3)c3ncccc3c3nc4ccccc4cc23)cc1.Fc1cnc2c(c1)cc(-c1ccc(N(c3ccccc3)c3ccccc3)cc1)c1ccc3c4ccccc4sc3c12.c1ccc(N(c2ccccc2)c2ccc(-c3cc4cccnc4c4c3ccc3c5ccccc5sc34)cc2)cc1. The molecule has 0 N–H and O–H groups in total. The van der Waals surface area contributed by atoms with Gasteiger partial charge in [0, 0.05) is 136 Å². The van der Waals surface area contributed by atoms with Crippen LogP contribution >= 0.6 is 22.7 Å². The lowest BCUT2D eigenvalue weighted by atomic mass is 9.87. The monoisotopic (exact) mass is 1540 g/mol. The number of anilines is 6. The summed E-state index contributed by atoms with van der Waals surface area (Å²) in [7, 11) is 1.70. The molecule has 0 aliphatic carbocycles. The Balaban J connectivity index is 0.000000110. The lowest BCUT2D eigenvalue weighted by molar-refractivity contribution is 0.415. The summed E-state index contributed by atoms with van der Waals surface area (Å²) in [6, 6.07) is 134. The van der Waals surface area contributed by atoms with E-state index in [2.05, 4.69) is 348 Å². The summed E-state index contributed by atoms with van der Waals surface area (Å²) in [5.74, 6) is 0.501. The predicted molar refractivity (Wildman–Crippen MR) is 494 cm³/mol. The minimum Gasteiger partial charge on any atom is -0.497 e. The molecule has 0 amide bonds. The first-order valence-corrected chi connectivity index (χ1v) is 40.7. The van der Waals surface area contributed by atoms with E-state index in [9.17, 15) is 4.39 Å². The Bertz CT molecular complexity index is 7660. The number of benzene rings is 17. The van der Waals surface area contributed by atoms with E-state index >= 15 is 0 Å². The molecule has 117 heavy (non-hydrogen) atoms. The van der Waals surface area contributed by atoms with Gasteiger partial charge in [-0.1, -0.05) is 231 Å². The standard InChI is InChI=1S/C37H23FN2S.C37H24N2S.C33H22N2O/c38-26-21-25-22-33(31-19-20-32-30-13-7-8-14-34(30)41-37(32)35(31)36(25)39-23-26)24-15-17-29(18-16-24)40(27-9-3-1-4-10-27)28-11-5-2-6-12-28;1-3-11-27(12-4-1)39(28-13-5-2-6-14-28)29-19-17-25(18-20-29)33-24-26-10-9-23-38-36(26)35-31(33)21-22-32-30-15-7-8-16-34(30)40-37(32)35;1-36-26-16-14-22(15-17-26)30-28-20-24-9-4-5-11-29(24)35-32(28)27-10-6-18-34-33(27)31(30)25-13-12-21-7-2-3-8-23(21)19-25/h1-23H;1-24H;2-20H,1H3. The maximum absolute atomic E-state index is 14.5. The number of hydrogen-bond acceptors (Lipinski definition) is 9. The number of pyridine rings is 4. The summed E-state index contributed by atoms with van der Waals surface area (Å²) < 4.78 is 25.0. The third-order valence-electron chi connectivity index (χ3n) is 22.4. The highest BCUT2D eigenvalue weighted by Crippen LogP contribution is 2.50. The largest absolute Gasteiger partial charge is 0.497 e. The van der Waals surface area contributed by atoms with E-state index in [1.165, 1.54) is 79.2 Å². The van der Waals surface area contributed by atoms with Gasteiger partial charge in [-0.15, -0.1) is 22.7 Å². The molecular formula is C107H69FN6OS2. The Hall–Kier alpha value is -14.8. The fourth-order valence-corrected chi connectivity index (χ4v) is 19.5. The lowest BCUT2D eigenvalue weighted by Gasteiger charge is -2.25. The van der Waals surface area contributed by atoms with Crippen molar-refractivity contribution in [2.45, 2.75) is 0 Å². The molecule has 17 aromatic carbocycles. The molecule has 0 spiro atoms. The third-order valence-corrected chi connectivity index (χ3v) is 24.8. The van der Waals surface area contributed by atoms with Crippen molar-refractivity contribution in [2.75, 3.05) is 16.9 Å². The van der Waals surface area contributed by atoms with Gasteiger partial charge in [-0.05, 0) is 207 Å². The van der Waals surface area contributed by atoms with E-state index in [4.69, 9.17) is 19.7 Å². The van der Waals surface area contributed by atoms with Crippen molar-refractivity contribution in [1.29, 1.82) is 0 Å². The molecule has 0 bridgehead atoms. The van der Waals surface area contributed by atoms with E-state index < -0.39 is 0 Å². The van der Waals surface area contributed by atoms with E-state index in [0.717, 1.165) is 139 Å². The highest BCUT2D eigenvalue weighted by atomic mass is 32.1. The number of methoxy groups -OCH3 is 1. The Morgan fingerprint density at radius 2 is 0.718 bits per heavy atom. The van der Waals surface area contributed by atoms with Crippen LogP contribution < -0.4 is 14.5 Å². The molecule has 6 heterocycles. The van der Waals surface area contributed by atoms with E-state index in [0.29, 0.717) is 0 Å². The maximum Gasteiger partial charge on any atom is 0.142 e. The summed E-state index contributed by atoms with van der Waals surface area (Å²) in [5.41, 5.74) is 20.5. The fraction of sp³-hybridized carbons (Fsp3) is 0.00935. The van der Waals surface area contributed by atoms with Crippen molar-refractivity contribution in [3.05, 3.63) is 407 Å². The van der Waals surface area contributed by atoms with E-state index in [1.54, 1.807) is 24.5 Å². The molecule has 0 saturated heterocycles. The maximum atomic E-state index is 14.5. The second-order valence-electron chi connectivity index (χ2n) is 29.2. The van der Waals surface area contributed by atoms with Crippen LogP contribution in [0.25, 0.3) is 172 Å². The van der Waals surface area contributed by atoms with Gasteiger partial charge < -0.3 is 14.5 Å². The number of ether oxygens (including phenoxy) is 1. The topological polar surface area (TPSA) is 67.3 Å². The zero-order valence-corrected chi connectivity index (χ0v) is 65.0. The summed E-state index contributed by atoms with van der Waals surface area (Å²) >= 11 is 3.64. The number of para-hydroxylation sites is 5. The van der Waals surface area contributed by atoms with Crippen LogP contribution in [0.15, 0.2) is 401 Å². The van der Waals surface area contributed by atoms with Crippen LogP contribution in [0, 0.1) is 5.82 Å². The zero-order valence-electron chi connectivity index (χ0n) is 63.4. The van der Waals surface area contributed by atoms with Crippen LogP contribution in [0.1, 0.15) is 0 Å². The van der Waals surface area contributed by atoms with Crippen LogP contribution in [0.2, 0.25) is 0 Å². The predicted octanol–water partition coefficient (Wildman–Crippen LogP) is 30.4.